The van der Waals surface area contributed by atoms with Crippen LogP contribution in [0.3, 0.4) is 0 Å². The Kier molecular flexibility index (Phi) is 7.19. The van der Waals surface area contributed by atoms with E-state index in [-0.39, 0.29) is 24.0 Å². The number of thiazole rings is 1. The van der Waals surface area contributed by atoms with Gasteiger partial charge in [0.05, 0.1) is 12.6 Å². The monoisotopic (exact) mass is 422 g/mol. The highest BCUT2D eigenvalue weighted by Gasteiger charge is 2.21. The second-order valence-electron chi connectivity index (χ2n) is 7.25. The molecule has 3 aromatic rings. The van der Waals surface area contributed by atoms with Crippen LogP contribution in [0.4, 0.5) is 10.5 Å². The van der Waals surface area contributed by atoms with E-state index in [1.807, 2.05) is 81.4 Å². The number of hydrogen-bond acceptors (Lipinski definition) is 4. The Labute approximate surface area is 181 Å². The molecule has 2 N–H and O–H groups in total. The van der Waals surface area contributed by atoms with Crippen molar-refractivity contribution < 1.29 is 9.59 Å². The van der Waals surface area contributed by atoms with E-state index in [1.165, 1.54) is 11.3 Å². The molecule has 0 fully saturated rings. The molecule has 6 nitrogen and oxygen atoms in total. The van der Waals surface area contributed by atoms with Crippen molar-refractivity contribution >= 4 is 29.0 Å². The summed E-state index contributed by atoms with van der Waals surface area (Å²) >= 11 is 1.38. The minimum Gasteiger partial charge on any atom is -0.344 e. The van der Waals surface area contributed by atoms with E-state index in [0.717, 1.165) is 11.3 Å². The molecule has 0 saturated heterocycles. The molecule has 0 radical (unpaired) electrons. The van der Waals surface area contributed by atoms with E-state index in [0.29, 0.717) is 17.2 Å². The summed E-state index contributed by atoms with van der Waals surface area (Å²) in [5, 5.41) is 8.32. The molecule has 3 rings (SSSR count). The first-order valence-corrected chi connectivity index (χ1v) is 10.7. The maximum Gasteiger partial charge on any atom is 0.322 e. The number of amides is 3. The SMILES string of the molecule is CC(C)N(Cc1nc(C(=O)N[C@@H](C)c2ccccc2)cs1)C(=O)Nc1ccccc1. The Bertz CT molecular complexity index is 973. The third kappa shape index (κ3) is 5.67. The van der Waals surface area contributed by atoms with Gasteiger partial charge in [-0.2, -0.15) is 0 Å². The Morgan fingerprint density at radius 2 is 1.63 bits per heavy atom. The number of anilines is 1. The summed E-state index contributed by atoms with van der Waals surface area (Å²) in [7, 11) is 0. The largest absolute Gasteiger partial charge is 0.344 e. The first-order chi connectivity index (χ1) is 14.4. The second-order valence-corrected chi connectivity index (χ2v) is 8.19. The van der Waals surface area contributed by atoms with Crippen LogP contribution in [0.25, 0.3) is 0 Å². The van der Waals surface area contributed by atoms with Crippen molar-refractivity contribution in [2.24, 2.45) is 0 Å². The van der Waals surface area contributed by atoms with Gasteiger partial charge in [0.25, 0.3) is 5.91 Å². The molecule has 0 aliphatic rings. The van der Waals surface area contributed by atoms with Gasteiger partial charge in [-0.05, 0) is 38.5 Å². The van der Waals surface area contributed by atoms with Crippen LogP contribution in [-0.4, -0.2) is 27.9 Å². The molecule has 0 saturated carbocycles. The molecule has 1 atom stereocenters. The van der Waals surface area contributed by atoms with Gasteiger partial charge in [-0.15, -0.1) is 11.3 Å². The first kappa shape index (κ1) is 21.5. The van der Waals surface area contributed by atoms with Crippen LogP contribution >= 0.6 is 11.3 Å². The van der Waals surface area contributed by atoms with Crippen molar-refractivity contribution in [2.45, 2.75) is 39.4 Å². The summed E-state index contributed by atoms with van der Waals surface area (Å²) in [4.78, 5) is 31.4. The minimum absolute atomic E-state index is 0.0204. The fourth-order valence-corrected chi connectivity index (χ4v) is 3.71. The highest BCUT2D eigenvalue weighted by molar-refractivity contribution is 7.09. The third-order valence-corrected chi connectivity index (χ3v) is 5.48. The zero-order valence-electron chi connectivity index (χ0n) is 17.3. The van der Waals surface area contributed by atoms with Gasteiger partial charge in [-0.1, -0.05) is 48.5 Å². The fraction of sp³-hybridized carbons (Fsp3) is 0.261. The van der Waals surface area contributed by atoms with Crippen LogP contribution in [-0.2, 0) is 6.54 Å². The summed E-state index contributed by atoms with van der Waals surface area (Å²) in [5.41, 5.74) is 2.14. The van der Waals surface area contributed by atoms with Gasteiger partial charge in [0.2, 0.25) is 0 Å². The number of carbonyl (C=O) groups is 2. The molecule has 0 aliphatic carbocycles. The van der Waals surface area contributed by atoms with Crippen molar-refractivity contribution in [3.8, 4) is 0 Å². The normalized spacial score (nSPS) is 11.7. The zero-order valence-corrected chi connectivity index (χ0v) is 18.1. The molecule has 156 valence electrons. The predicted molar refractivity (Wildman–Crippen MR) is 121 cm³/mol. The molecule has 0 unspecified atom stereocenters. The molecule has 0 aliphatic heterocycles. The summed E-state index contributed by atoms with van der Waals surface area (Å²) in [6.07, 6.45) is 0. The summed E-state index contributed by atoms with van der Waals surface area (Å²) < 4.78 is 0. The average molecular weight is 423 g/mol. The van der Waals surface area contributed by atoms with E-state index in [1.54, 1.807) is 10.3 Å². The lowest BCUT2D eigenvalue weighted by Gasteiger charge is -2.26. The van der Waals surface area contributed by atoms with Gasteiger partial charge in [0, 0.05) is 17.1 Å². The molecular formula is C23H26N4O2S. The first-order valence-electron chi connectivity index (χ1n) is 9.87. The van der Waals surface area contributed by atoms with Gasteiger partial charge in [0.15, 0.2) is 0 Å². The molecule has 1 aromatic heterocycles. The highest BCUT2D eigenvalue weighted by atomic mass is 32.1. The molecule has 3 amide bonds. The lowest BCUT2D eigenvalue weighted by atomic mass is 10.1. The van der Waals surface area contributed by atoms with Gasteiger partial charge in [0.1, 0.15) is 10.7 Å². The van der Waals surface area contributed by atoms with Crippen LogP contribution in [0.15, 0.2) is 66.0 Å². The second kappa shape index (κ2) is 10.0. The number of nitrogens with one attached hydrogen (secondary N) is 2. The molecule has 2 aromatic carbocycles. The van der Waals surface area contributed by atoms with E-state index in [9.17, 15) is 9.59 Å². The van der Waals surface area contributed by atoms with Crippen LogP contribution in [0.1, 0.15) is 47.9 Å². The Morgan fingerprint density at radius 1 is 1.00 bits per heavy atom. The van der Waals surface area contributed by atoms with Gasteiger partial charge in [-0.3, -0.25) is 4.79 Å². The predicted octanol–water partition coefficient (Wildman–Crippen LogP) is 5.08. The van der Waals surface area contributed by atoms with Crippen molar-refractivity contribution in [1.82, 2.24) is 15.2 Å². The summed E-state index contributed by atoms with van der Waals surface area (Å²) in [6, 6.07) is 18.8. The molecule has 0 bridgehead atoms. The van der Waals surface area contributed by atoms with Crippen molar-refractivity contribution in [1.29, 1.82) is 0 Å². The van der Waals surface area contributed by atoms with Gasteiger partial charge >= 0.3 is 6.03 Å². The van der Waals surface area contributed by atoms with E-state index in [4.69, 9.17) is 0 Å². The lowest BCUT2D eigenvalue weighted by molar-refractivity contribution is 0.0935. The minimum atomic E-state index is -0.223. The van der Waals surface area contributed by atoms with Crippen molar-refractivity contribution in [3.63, 3.8) is 0 Å². The van der Waals surface area contributed by atoms with E-state index >= 15 is 0 Å². The highest BCUT2D eigenvalue weighted by Crippen LogP contribution is 2.18. The molecule has 1 heterocycles. The van der Waals surface area contributed by atoms with Gasteiger partial charge < -0.3 is 15.5 Å². The van der Waals surface area contributed by atoms with Crippen LogP contribution in [0, 0.1) is 0 Å². The maximum absolute atomic E-state index is 12.7. The number of nitrogens with zero attached hydrogens (tertiary/aromatic N) is 2. The molecular weight excluding hydrogens is 396 g/mol. The Morgan fingerprint density at radius 3 is 2.27 bits per heavy atom. The summed E-state index contributed by atoms with van der Waals surface area (Å²) in [5.74, 6) is -0.223. The zero-order chi connectivity index (χ0) is 21.5. The summed E-state index contributed by atoms with van der Waals surface area (Å²) in [6.45, 7) is 6.18. The number of carbonyl (C=O) groups excluding carboxylic acids is 2. The Hall–Kier alpha value is -3.19. The van der Waals surface area contributed by atoms with E-state index < -0.39 is 0 Å². The van der Waals surface area contributed by atoms with Crippen LogP contribution in [0.2, 0.25) is 0 Å². The van der Waals surface area contributed by atoms with E-state index in [2.05, 4.69) is 15.6 Å². The number of aromatic nitrogens is 1. The molecule has 0 spiro atoms. The number of rotatable bonds is 7. The lowest BCUT2D eigenvalue weighted by Crippen LogP contribution is -2.39. The van der Waals surface area contributed by atoms with Gasteiger partial charge in [-0.25, -0.2) is 9.78 Å². The molecule has 30 heavy (non-hydrogen) atoms. The van der Waals surface area contributed by atoms with Crippen LogP contribution < -0.4 is 10.6 Å². The number of benzene rings is 2. The maximum atomic E-state index is 12.7. The number of urea groups is 1. The fourth-order valence-electron chi connectivity index (χ4n) is 2.93. The van der Waals surface area contributed by atoms with Crippen LogP contribution in [0.5, 0.6) is 0 Å². The topological polar surface area (TPSA) is 74.3 Å². The number of hydrogen-bond donors (Lipinski definition) is 2. The standard InChI is InChI=1S/C23H26N4O2S/c1-16(2)27(23(29)25-19-12-8-5-9-13-19)14-21-26-20(15-30-21)22(28)24-17(3)18-10-6-4-7-11-18/h4-13,15-17H,14H2,1-3H3,(H,24,28)(H,25,29)/t17-/m0/s1. The Balaban J connectivity index is 1.63. The smallest absolute Gasteiger partial charge is 0.322 e. The third-order valence-electron chi connectivity index (χ3n) is 4.65. The van der Waals surface area contributed by atoms with Crippen molar-refractivity contribution in [3.05, 3.63) is 82.3 Å². The average Bonchev–Trinajstić information content (AvgIpc) is 3.22. The molecule has 7 heteroatoms. The quantitative estimate of drug-likeness (QED) is 0.558. The van der Waals surface area contributed by atoms with Crippen molar-refractivity contribution in [2.75, 3.05) is 5.32 Å². The number of para-hydroxylation sites is 1.